The third-order valence-electron chi connectivity index (χ3n) is 6.36. The molecule has 1 aliphatic rings. The van der Waals surface area contributed by atoms with Gasteiger partial charge < -0.3 is 19.5 Å². The Morgan fingerprint density at radius 1 is 1.08 bits per heavy atom. The predicted molar refractivity (Wildman–Crippen MR) is 138 cm³/mol. The van der Waals surface area contributed by atoms with Gasteiger partial charge in [-0.1, -0.05) is 36.4 Å². The van der Waals surface area contributed by atoms with Gasteiger partial charge in [0.1, 0.15) is 24.9 Å². The van der Waals surface area contributed by atoms with Crippen LogP contribution in [-0.2, 0) is 17.8 Å². The van der Waals surface area contributed by atoms with Crippen LogP contribution in [0.2, 0.25) is 0 Å². The minimum atomic E-state index is -0.785. The molecule has 9 nitrogen and oxygen atoms in total. The molecule has 0 atom stereocenters. The lowest BCUT2D eigenvalue weighted by Gasteiger charge is -2.39. The number of aliphatic hydroxyl groups excluding tert-OH is 1. The average Bonchev–Trinajstić information content (AvgIpc) is 2.93. The highest BCUT2D eigenvalue weighted by molar-refractivity contribution is 6.00. The number of ether oxygens (including phenoxy) is 2. The van der Waals surface area contributed by atoms with Crippen LogP contribution >= 0.6 is 0 Å². The topological polar surface area (TPSA) is 101 Å². The van der Waals surface area contributed by atoms with Gasteiger partial charge in [-0.15, -0.1) is 0 Å². The summed E-state index contributed by atoms with van der Waals surface area (Å²) in [7, 11) is 1.50. The van der Waals surface area contributed by atoms with Crippen molar-refractivity contribution in [2.75, 3.05) is 45.1 Å². The molecule has 0 fully saturated rings. The predicted octanol–water partition coefficient (Wildman–Crippen LogP) is 2.51. The fraction of sp³-hybridized carbons (Fsp3) is 0.321. The molecule has 1 aromatic heterocycles. The van der Waals surface area contributed by atoms with Crippen molar-refractivity contribution in [3.63, 3.8) is 0 Å². The van der Waals surface area contributed by atoms with Crippen LogP contribution < -0.4 is 15.2 Å². The number of aryl methyl sites for hydroxylation is 1. The number of fused-ring (bicyclic) bond motifs is 1. The molecule has 0 saturated heterocycles. The lowest BCUT2D eigenvalue weighted by atomic mass is 10.0. The van der Waals surface area contributed by atoms with Crippen LogP contribution in [0.4, 0.5) is 8.78 Å². The first-order valence-electron chi connectivity index (χ1n) is 12.4. The van der Waals surface area contributed by atoms with E-state index in [1.807, 2.05) is 6.07 Å². The number of pyridine rings is 1. The maximum absolute atomic E-state index is 14.1. The lowest BCUT2D eigenvalue weighted by molar-refractivity contribution is 0.0613. The molecule has 0 unspecified atom stereocenters. The van der Waals surface area contributed by atoms with Crippen LogP contribution in [-0.4, -0.2) is 66.5 Å². The quantitative estimate of drug-likeness (QED) is 0.352. The number of Topliss-reactive ketones (excluding diaryl/α,β-unsaturated/α-hetero) is 1. The van der Waals surface area contributed by atoms with Gasteiger partial charge >= 0.3 is 0 Å². The van der Waals surface area contributed by atoms with Gasteiger partial charge in [-0.25, -0.2) is 8.78 Å². The zero-order chi connectivity index (χ0) is 27.9. The SMILES string of the molecule is COCCN1CN(CCO)n2cc(C(=O)CCc3ccc(F)cc3F)c(=O)c(OCc3ccccc3)c2C1=O. The van der Waals surface area contributed by atoms with Gasteiger partial charge in [-0.2, -0.15) is 0 Å². The van der Waals surface area contributed by atoms with Gasteiger partial charge in [0, 0.05) is 32.3 Å². The average molecular weight is 542 g/mol. The first kappa shape index (κ1) is 27.9. The fourth-order valence-corrected chi connectivity index (χ4v) is 4.31. The van der Waals surface area contributed by atoms with E-state index in [2.05, 4.69) is 0 Å². The number of carbonyl (C=O) groups excluding carboxylic acids is 2. The summed E-state index contributed by atoms with van der Waals surface area (Å²) in [6, 6.07) is 12.1. The number of nitrogens with zero attached hydrogens (tertiary/aromatic N) is 3. The summed E-state index contributed by atoms with van der Waals surface area (Å²) in [4.78, 5) is 41.8. The van der Waals surface area contributed by atoms with Crippen molar-refractivity contribution in [1.82, 2.24) is 9.58 Å². The van der Waals surface area contributed by atoms with Crippen LogP contribution in [0, 0.1) is 11.6 Å². The van der Waals surface area contributed by atoms with Gasteiger partial charge in [-0.3, -0.25) is 24.1 Å². The molecule has 1 amide bonds. The number of amides is 1. The van der Waals surface area contributed by atoms with Crippen molar-refractivity contribution in [3.8, 4) is 5.75 Å². The van der Waals surface area contributed by atoms with Gasteiger partial charge in [0.05, 0.1) is 25.3 Å². The van der Waals surface area contributed by atoms with Crippen molar-refractivity contribution in [2.24, 2.45) is 0 Å². The maximum Gasteiger partial charge on any atom is 0.277 e. The number of halogens is 2. The van der Waals surface area contributed by atoms with Crippen LogP contribution in [0.25, 0.3) is 0 Å². The van der Waals surface area contributed by atoms with Gasteiger partial charge in [0.2, 0.25) is 5.43 Å². The zero-order valence-electron chi connectivity index (χ0n) is 21.4. The van der Waals surface area contributed by atoms with E-state index in [4.69, 9.17) is 9.47 Å². The van der Waals surface area contributed by atoms with E-state index in [9.17, 15) is 28.3 Å². The number of carbonyl (C=O) groups is 2. The van der Waals surface area contributed by atoms with Crippen molar-refractivity contribution in [3.05, 3.63) is 99.0 Å². The number of aromatic nitrogens is 1. The normalized spacial score (nSPS) is 13.0. The minimum absolute atomic E-state index is 0.0349. The number of aliphatic hydroxyl groups is 1. The van der Waals surface area contributed by atoms with E-state index in [0.29, 0.717) is 0 Å². The highest BCUT2D eigenvalue weighted by Crippen LogP contribution is 2.24. The lowest BCUT2D eigenvalue weighted by Crippen LogP contribution is -2.56. The Balaban J connectivity index is 1.74. The molecule has 2 heterocycles. The molecule has 3 aromatic rings. The Morgan fingerprint density at radius 3 is 2.54 bits per heavy atom. The molecular weight excluding hydrogens is 512 g/mol. The largest absolute Gasteiger partial charge is 0.482 e. The molecule has 0 spiro atoms. The molecule has 1 aliphatic heterocycles. The second-order valence-corrected chi connectivity index (χ2v) is 8.98. The number of methoxy groups -OCH3 is 1. The number of rotatable bonds is 12. The molecule has 2 aromatic carbocycles. The summed E-state index contributed by atoms with van der Waals surface area (Å²) < 4.78 is 39.8. The van der Waals surface area contributed by atoms with Gasteiger partial charge in [0.25, 0.3) is 5.91 Å². The summed E-state index contributed by atoms with van der Waals surface area (Å²) in [6.45, 7) is 0.357. The smallest absolute Gasteiger partial charge is 0.277 e. The number of β-amino-alcohol motifs (C(OH)–C–C–N with tert-alkyl or cyclic N) is 1. The molecule has 4 rings (SSSR count). The highest BCUT2D eigenvalue weighted by atomic mass is 19.1. The van der Waals surface area contributed by atoms with Crippen molar-refractivity contribution >= 4 is 11.7 Å². The van der Waals surface area contributed by atoms with Crippen molar-refractivity contribution < 1.29 is 33.0 Å². The Labute approximate surface area is 223 Å². The Kier molecular flexibility index (Phi) is 9.05. The number of ketones is 1. The van der Waals surface area contributed by atoms with E-state index in [1.165, 1.54) is 28.9 Å². The molecule has 0 radical (unpaired) electrons. The molecule has 0 aliphatic carbocycles. The maximum atomic E-state index is 14.1. The van der Waals surface area contributed by atoms with E-state index >= 15 is 0 Å². The molecule has 0 saturated carbocycles. The van der Waals surface area contributed by atoms with Gasteiger partial charge in [0.15, 0.2) is 17.2 Å². The van der Waals surface area contributed by atoms with Crippen LogP contribution in [0.3, 0.4) is 0 Å². The second kappa shape index (κ2) is 12.6. The summed E-state index contributed by atoms with van der Waals surface area (Å²) in [6.07, 6.45) is 0.969. The van der Waals surface area contributed by atoms with Crippen molar-refractivity contribution in [1.29, 1.82) is 0 Å². The van der Waals surface area contributed by atoms with Crippen LogP contribution in [0.5, 0.6) is 5.75 Å². The van der Waals surface area contributed by atoms with Crippen LogP contribution in [0.1, 0.15) is 38.4 Å². The highest BCUT2D eigenvalue weighted by Gasteiger charge is 2.35. The molecule has 39 heavy (non-hydrogen) atoms. The summed E-state index contributed by atoms with van der Waals surface area (Å²) >= 11 is 0. The number of benzene rings is 2. The molecule has 1 N–H and O–H groups in total. The van der Waals surface area contributed by atoms with E-state index < -0.39 is 28.8 Å². The van der Waals surface area contributed by atoms with E-state index in [-0.39, 0.29) is 75.0 Å². The summed E-state index contributed by atoms with van der Waals surface area (Å²) in [5.74, 6) is -2.90. The van der Waals surface area contributed by atoms with E-state index in [0.717, 1.165) is 17.7 Å². The van der Waals surface area contributed by atoms with Gasteiger partial charge in [-0.05, 0) is 23.6 Å². The molecule has 206 valence electrons. The minimum Gasteiger partial charge on any atom is -0.482 e. The first-order valence-corrected chi connectivity index (χ1v) is 12.4. The fourth-order valence-electron chi connectivity index (χ4n) is 4.31. The number of hydrogen-bond donors (Lipinski definition) is 1. The zero-order valence-corrected chi connectivity index (χ0v) is 21.4. The molecular formula is C28H29F2N3O6. The Bertz CT molecular complexity index is 1400. The summed E-state index contributed by atoms with van der Waals surface area (Å²) in [5.41, 5.74) is -0.217. The Morgan fingerprint density at radius 2 is 1.85 bits per heavy atom. The summed E-state index contributed by atoms with van der Waals surface area (Å²) in [5, 5.41) is 11.3. The third-order valence-corrected chi connectivity index (χ3v) is 6.36. The van der Waals surface area contributed by atoms with E-state index in [1.54, 1.807) is 29.3 Å². The van der Waals surface area contributed by atoms with Crippen LogP contribution in [0.15, 0.2) is 59.5 Å². The first-order chi connectivity index (χ1) is 18.8. The third kappa shape index (κ3) is 6.32. The molecule has 11 heteroatoms. The number of hydrogen-bond acceptors (Lipinski definition) is 7. The monoisotopic (exact) mass is 541 g/mol. The molecule has 0 bridgehead atoms. The standard InChI is InChI=1S/C28H29F2N3O6/c1-38-14-12-31-18-32(11-13-34)33-16-22(24(35)10-8-20-7-9-21(29)15-23(20)30)26(36)27(25(33)28(31)37)39-17-19-5-3-2-4-6-19/h2-7,9,15-16,34H,8,10-14,17-18H2,1H3. The second-order valence-electron chi connectivity index (χ2n) is 8.98. The van der Waals surface area contributed by atoms with Crippen molar-refractivity contribution in [2.45, 2.75) is 19.4 Å². The Hall–Kier alpha value is -4.09.